The highest BCUT2D eigenvalue weighted by Gasteiger charge is 2.25. The Bertz CT molecular complexity index is 2680. The van der Waals surface area contributed by atoms with E-state index >= 15 is 0 Å². The van der Waals surface area contributed by atoms with Crippen LogP contribution in [0, 0.1) is 0 Å². The fourth-order valence-electron chi connectivity index (χ4n) is 6.94. The van der Waals surface area contributed by atoms with Crippen molar-refractivity contribution in [1.29, 1.82) is 0 Å². The molecular weight excluding hydrogens is 531 g/mol. The second-order valence-electron chi connectivity index (χ2n) is 11.0. The van der Waals surface area contributed by atoms with Gasteiger partial charge in [0, 0.05) is 37.4 Å². The number of benzene rings is 6. The molecule has 4 heterocycles. The Morgan fingerprint density at radius 2 is 1.14 bits per heavy atom. The quantitative estimate of drug-likeness (QED) is 0.214. The molecule has 0 radical (unpaired) electrons. The minimum atomic E-state index is 0.904. The second kappa shape index (κ2) is 8.12. The number of nitrogens with zero attached hydrogens (tertiary/aromatic N) is 3. The van der Waals surface area contributed by atoms with Crippen LogP contribution in [0.3, 0.4) is 0 Å². The van der Waals surface area contributed by atoms with E-state index in [1.165, 1.54) is 58.3 Å². The molecule has 0 spiro atoms. The van der Waals surface area contributed by atoms with Gasteiger partial charge in [0.25, 0.3) is 0 Å². The predicted molar refractivity (Wildman–Crippen MR) is 178 cm³/mol. The molecule has 0 N–H and O–H groups in total. The van der Waals surface area contributed by atoms with E-state index in [-0.39, 0.29) is 0 Å². The Kier molecular flexibility index (Phi) is 4.33. The van der Waals surface area contributed by atoms with Gasteiger partial charge in [0.15, 0.2) is 0 Å². The highest BCUT2D eigenvalue weighted by molar-refractivity contribution is 7.27. The molecule has 6 aromatic carbocycles. The van der Waals surface area contributed by atoms with Crippen molar-refractivity contribution in [3.05, 3.63) is 127 Å². The van der Waals surface area contributed by atoms with Gasteiger partial charge in [-0.1, -0.05) is 97.1 Å². The summed E-state index contributed by atoms with van der Waals surface area (Å²) in [4.78, 5) is 10.5. The smallest absolute Gasteiger partial charge is 0.0987 e. The zero-order chi connectivity index (χ0) is 27.4. The van der Waals surface area contributed by atoms with Crippen LogP contribution >= 0.6 is 11.3 Å². The minimum absolute atomic E-state index is 0.904. The number of thiophene rings is 1. The van der Waals surface area contributed by atoms with E-state index in [1.807, 2.05) is 23.5 Å². The monoisotopic (exact) mass is 551 g/mol. The van der Waals surface area contributed by atoms with E-state index in [4.69, 9.17) is 9.97 Å². The van der Waals surface area contributed by atoms with Crippen LogP contribution in [0.1, 0.15) is 0 Å². The number of hydrogen-bond acceptors (Lipinski definition) is 3. The van der Waals surface area contributed by atoms with Gasteiger partial charge >= 0.3 is 0 Å². The van der Waals surface area contributed by atoms with Crippen LogP contribution in [0.2, 0.25) is 0 Å². The highest BCUT2D eigenvalue weighted by atomic mass is 32.1. The van der Waals surface area contributed by atoms with E-state index < -0.39 is 0 Å². The molecular formula is C38H21N3S. The molecule has 42 heavy (non-hydrogen) atoms. The van der Waals surface area contributed by atoms with Gasteiger partial charge < -0.3 is 4.40 Å². The average Bonchev–Trinajstić information content (AvgIpc) is 3.55. The highest BCUT2D eigenvalue weighted by Crippen LogP contribution is 2.50. The maximum absolute atomic E-state index is 5.33. The third kappa shape index (κ3) is 2.84. The van der Waals surface area contributed by atoms with Crippen LogP contribution in [-0.4, -0.2) is 14.4 Å². The van der Waals surface area contributed by atoms with Crippen LogP contribution in [0.4, 0.5) is 0 Å². The van der Waals surface area contributed by atoms with Gasteiger partial charge in [-0.3, -0.25) is 0 Å². The van der Waals surface area contributed by atoms with Gasteiger partial charge in [0.2, 0.25) is 0 Å². The molecule has 0 aliphatic carbocycles. The third-order valence-electron chi connectivity index (χ3n) is 8.70. The lowest BCUT2D eigenvalue weighted by molar-refractivity contribution is 1.30. The molecule has 194 valence electrons. The molecule has 10 aromatic rings. The van der Waals surface area contributed by atoms with Gasteiger partial charge in [0.1, 0.15) is 0 Å². The zero-order valence-electron chi connectivity index (χ0n) is 22.4. The lowest BCUT2D eigenvalue weighted by Gasteiger charge is -2.13. The summed E-state index contributed by atoms with van der Waals surface area (Å²) in [5.74, 6) is 0. The summed E-state index contributed by atoms with van der Waals surface area (Å²) in [6.45, 7) is 0. The SMILES string of the molecule is c1ccc(-c2nc3ccccc3nc2-c2cc3cccc4c5ccccc5n5c6ccccc6c6sc2c(c34)c65)cc1. The fourth-order valence-corrected chi connectivity index (χ4v) is 8.29. The predicted octanol–water partition coefficient (Wildman–Crippen LogP) is 10.5. The Balaban J connectivity index is 1.49. The summed E-state index contributed by atoms with van der Waals surface area (Å²) in [5.41, 5.74) is 9.61. The van der Waals surface area contributed by atoms with E-state index in [0.717, 1.165) is 33.5 Å². The Morgan fingerprint density at radius 3 is 1.95 bits per heavy atom. The molecule has 0 fully saturated rings. The molecule has 0 amide bonds. The average molecular weight is 552 g/mol. The number of aromatic nitrogens is 3. The van der Waals surface area contributed by atoms with E-state index in [0.29, 0.717) is 0 Å². The minimum Gasteiger partial charge on any atom is -0.307 e. The molecule has 0 saturated heterocycles. The Morgan fingerprint density at radius 1 is 0.500 bits per heavy atom. The summed E-state index contributed by atoms with van der Waals surface area (Å²) in [5, 5.41) is 7.66. The zero-order valence-corrected chi connectivity index (χ0v) is 23.2. The topological polar surface area (TPSA) is 30.2 Å². The molecule has 0 bridgehead atoms. The van der Waals surface area contributed by atoms with Crippen LogP contribution in [0.15, 0.2) is 127 Å². The second-order valence-corrected chi connectivity index (χ2v) is 12.0. The summed E-state index contributed by atoms with van der Waals surface area (Å²) in [7, 11) is 0. The van der Waals surface area contributed by atoms with Crippen molar-refractivity contribution < 1.29 is 0 Å². The van der Waals surface area contributed by atoms with Gasteiger partial charge in [-0.25, -0.2) is 9.97 Å². The van der Waals surface area contributed by atoms with E-state index in [2.05, 4.69) is 120 Å². The maximum atomic E-state index is 5.33. The summed E-state index contributed by atoms with van der Waals surface area (Å²) in [6, 6.07) is 45.4. The largest absolute Gasteiger partial charge is 0.307 e. The lowest BCUT2D eigenvalue weighted by atomic mass is 9.95. The van der Waals surface area contributed by atoms with Crippen LogP contribution in [-0.2, 0) is 0 Å². The first-order valence-electron chi connectivity index (χ1n) is 14.2. The van der Waals surface area contributed by atoms with E-state index in [9.17, 15) is 0 Å². The number of rotatable bonds is 2. The number of hydrogen-bond donors (Lipinski definition) is 0. The van der Waals surface area contributed by atoms with Crippen LogP contribution < -0.4 is 0 Å². The molecule has 0 saturated carbocycles. The summed E-state index contributed by atoms with van der Waals surface area (Å²) in [6.07, 6.45) is 0. The van der Waals surface area contributed by atoms with Crippen molar-refractivity contribution in [2.45, 2.75) is 0 Å². The standard InChI is InChI=1S/C38H21N3S/c1-2-11-22(12-3-1)34-35(40-29-18-7-6-17-28(29)39-34)27-21-23-13-10-16-25-24-14-4-8-19-30(24)41-31-20-9-5-15-26(31)38-36(41)33(32(23)25)37(27)42-38/h1-21H. The van der Waals surface area contributed by atoms with Gasteiger partial charge in [-0.2, -0.15) is 0 Å². The molecule has 4 heteroatoms. The first kappa shape index (κ1) is 22.4. The molecule has 0 aliphatic rings. The normalized spacial score (nSPS) is 12.3. The number of para-hydroxylation sites is 4. The van der Waals surface area contributed by atoms with Crippen molar-refractivity contribution in [2.24, 2.45) is 0 Å². The van der Waals surface area contributed by atoms with Gasteiger partial charge in [0.05, 0.1) is 43.7 Å². The molecule has 0 aliphatic heterocycles. The van der Waals surface area contributed by atoms with Crippen LogP contribution in [0.25, 0.3) is 91.8 Å². The molecule has 0 atom stereocenters. The Labute approximate surface area is 244 Å². The van der Waals surface area contributed by atoms with Crippen LogP contribution in [0.5, 0.6) is 0 Å². The number of fused-ring (bicyclic) bond motifs is 7. The van der Waals surface area contributed by atoms with Gasteiger partial charge in [-0.15, -0.1) is 11.3 Å². The summed E-state index contributed by atoms with van der Waals surface area (Å²) >= 11 is 1.89. The summed E-state index contributed by atoms with van der Waals surface area (Å²) < 4.78 is 5.07. The molecule has 10 rings (SSSR count). The van der Waals surface area contributed by atoms with E-state index in [1.54, 1.807) is 0 Å². The molecule has 0 unspecified atom stereocenters. The fraction of sp³-hybridized carbons (Fsp3) is 0. The van der Waals surface area contributed by atoms with Gasteiger partial charge in [-0.05, 0) is 41.1 Å². The van der Waals surface area contributed by atoms with Crippen molar-refractivity contribution >= 4 is 80.6 Å². The van der Waals surface area contributed by atoms with Crippen molar-refractivity contribution in [3.63, 3.8) is 0 Å². The van der Waals surface area contributed by atoms with Crippen molar-refractivity contribution in [2.75, 3.05) is 0 Å². The molecule has 4 aromatic heterocycles. The lowest BCUT2D eigenvalue weighted by Crippen LogP contribution is -1.96. The van der Waals surface area contributed by atoms with Crippen molar-refractivity contribution in [1.82, 2.24) is 14.4 Å². The Hall–Kier alpha value is -5.32. The molecule has 3 nitrogen and oxygen atoms in total. The first-order valence-corrected chi connectivity index (χ1v) is 15.0. The first-order chi connectivity index (χ1) is 20.8. The third-order valence-corrected chi connectivity index (χ3v) is 9.94. The van der Waals surface area contributed by atoms with Crippen molar-refractivity contribution in [3.8, 4) is 22.5 Å². The maximum Gasteiger partial charge on any atom is 0.0987 e.